The molecule has 1 saturated heterocycles. The lowest BCUT2D eigenvalue weighted by Crippen LogP contribution is -2.49. The lowest BCUT2D eigenvalue weighted by atomic mass is 9.94. The second-order valence-corrected chi connectivity index (χ2v) is 8.51. The molecule has 176 valence electrons. The monoisotopic (exact) mass is 482 g/mol. The van der Waals surface area contributed by atoms with E-state index in [0.29, 0.717) is 29.3 Å². The van der Waals surface area contributed by atoms with E-state index in [9.17, 15) is 14.0 Å². The van der Waals surface area contributed by atoms with Crippen LogP contribution in [0.4, 0.5) is 15.9 Å². The van der Waals surface area contributed by atoms with Crippen LogP contribution >= 0.6 is 11.6 Å². The van der Waals surface area contributed by atoms with Crippen LogP contribution < -0.4 is 21.5 Å². The summed E-state index contributed by atoms with van der Waals surface area (Å²) in [4.78, 5) is 29.7. The molecule has 0 radical (unpaired) electrons. The lowest BCUT2D eigenvalue weighted by Gasteiger charge is -2.29. The standard InChI is InChI=1S/C24H24ClFN6O2/c1-14-6-8-28-23(33)22(14)31-21-10-20(17(25)13-30-21)32-9-7-19(16(11-27)24(32)34)29-12-15-4-2-3-5-18(15)26/h2-5,7,9-11,13-14,22,27,29H,6,8,12H2,1H3,(H,28,33)(H,30,31). The molecule has 0 aliphatic carbocycles. The fraction of sp³-hybridized carbons (Fsp3) is 0.250. The molecule has 8 nitrogen and oxygen atoms in total. The minimum absolute atomic E-state index is 0.0986. The van der Waals surface area contributed by atoms with Gasteiger partial charge in [0.1, 0.15) is 17.7 Å². The number of rotatable bonds is 7. The SMILES string of the molecule is CC1CCNC(=O)C1Nc1cc(-n2ccc(NCc3ccccc3F)c(C=N)c2=O)c(Cl)cn1. The van der Waals surface area contributed by atoms with Gasteiger partial charge in [0.25, 0.3) is 5.56 Å². The maximum absolute atomic E-state index is 13.9. The Hall–Kier alpha value is -3.72. The highest BCUT2D eigenvalue weighted by atomic mass is 35.5. The van der Waals surface area contributed by atoms with E-state index >= 15 is 0 Å². The second kappa shape index (κ2) is 10.0. The van der Waals surface area contributed by atoms with Crippen LogP contribution in [0.15, 0.2) is 53.6 Å². The molecule has 1 aliphatic rings. The third-order valence-corrected chi connectivity index (χ3v) is 6.14. The van der Waals surface area contributed by atoms with E-state index in [1.165, 1.54) is 23.0 Å². The summed E-state index contributed by atoms with van der Waals surface area (Å²) in [5, 5.41) is 17.0. The zero-order valence-corrected chi connectivity index (χ0v) is 19.2. The summed E-state index contributed by atoms with van der Waals surface area (Å²) in [7, 11) is 0. The van der Waals surface area contributed by atoms with E-state index in [2.05, 4.69) is 20.9 Å². The van der Waals surface area contributed by atoms with Crippen molar-refractivity contribution in [3.63, 3.8) is 0 Å². The fourth-order valence-electron chi connectivity index (χ4n) is 3.88. The quantitative estimate of drug-likeness (QED) is 0.385. The number of nitrogens with one attached hydrogen (secondary N) is 4. The molecule has 10 heteroatoms. The number of carbonyl (C=O) groups is 1. The van der Waals surface area contributed by atoms with Gasteiger partial charge < -0.3 is 21.4 Å². The number of hydrogen-bond acceptors (Lipinski definition) is 6. The van der Waals surface area contributed by atoms with Crippen molar-refractivity contribution in [2.45, 2.75) is 25.9 Å². The number of anilines is 2. The van der Waals surface area contributed by atoms with Gasteiger partial charge in [0.15, 0.2) is 0 Å². The van der Waals surface area contributed by atoms with Gasteiger partial charge in [-0.2, -0.15) is 0 Å². The predicted octanol–water partition coefficient (Wildman–Crippen LogP) is 3.57. The van der Waals surface area contributed by atoms with E-state index in [0.717, 1.165) is 12.6 Å². The first-order valence-corrected chi connectivity index (χ1v) is 11.2. The van der Waals surface area contributed by atoms with Crippen molar-refractivity contribution in [2.75, 3.05) is 17.2 Å². The fourth-order valence-corrected chi connectivity index (χ4v) is 4.08. The van der Waals surface area contributed by atoms with Crippen LogP contribution in [0.1, 0.15) is 24.5 Å². The smallest absolute Gasteiger partial charge is 0.266 e. The Labute approximate surface area is 200 Å². The van der Waals surface area contributed by atoms with Crippen molar-refractivity contribution in [1.29, 1.82) is 5.41 Å². The molecule has 34 heavy (non-hydrogen) atoms. The predicted molar refractivity (Wildman–Crippen MR) is 131 cm³/mol. The van der Waals surface area contributed by atoms with Gasteiger partial charge in [0, 0.05) is 37.1 Å². The Bertz CT molecular complexity index is 1290. The van der Waals surface area contributed by atoms with Crippen molar-refractivity contribution in [3.8, 4) is 5.69 Å². The summed E-state index contributed by atoms with van der Waals surface area (Å²) >= 11 is 6.35. The molecular formula is C24H24ClFN6O2. The van der Waals surface area contributed by atoms with E-state index in [1.807, 2.05) is 6.92 Å². The first-order chi connectivity index (χ1) is 16.4. The third kappa shape index (κ3) is 4.79. The van der Waals surface area contributed by atoms with E-state index < -0.39 is 11.6 Å². The first-order valence-electron chi connectivity index (χ1n) is 10.8. The number of pyridine rings is 2. The summed E-state index contributed by atoms with van der Waals surface area (Å²) in [5.74, 6) is 0.0509. The van der Waals surface area contributed by atoms with Crippen LogP contribution in [0, 0.1) is 17.1 Å². The Morgan fingerprint density at radius 3 is 2.85 bits per heavy atom. The summed E-state index contributed by atoms with van der Waals surface area (Å²) in [5.41, 5.74) is 0.821. The zero-order chi connectivity index (χ0) is 24.2. The molecule has 1 amide bonds. The van der Waals surface area contributed by atoms with Crippen LogP contribution in [-0.4, -0.2) is 34.3 Å². The van der Waals surface area contributed by atoms with Gasteiger partial charge >= 0.3 is 0 Å². The Morgan fingerprint density at radius 1 is 1.32 bits per heavy atom. The minimum Gasteiger partial charge on any atom is -0.380 e. The molecule has 3 aromatic rings. The van der Waals surface area contributed by atoms with Crippen LogP contribution in [0.5, 0.6) is 0 Å². The molecule has 1 aromatic carbocycles. The molecular weight excluding hydrogens is 459 g/mol. The number of nitrogens with zero attached hydrogens (tertiary/aromatic N) is 2. The average molecular weight is 483 g/mol. The number of aromatic nitrogens is 2. The number of piperidine rings is 1. The first kappa shape index (κ1) is 23.4. The zero-order valence-electron chi connectivity index (χ0n) is 18.4. The summed E-state index contributed by atoms with van der Waals surface area (Å²) in [6.45, 7) is 2.78. The molecule has 4 rings (SSSR count). The molecule has 1 aliphatic heterocycles. The normalized spacial score (nSPS) is 17.7. The number of halogens is 2. The highest BCUT2D eigenvalue weighted by molar-refractivity contribution is 6.32. The number of amides is 1. The van der Waals surface area contributed by atoms with Crippen molar-refractivity contribution >= 4 is 35.2 Å². The van der Waals surface area contributed by atoms with Gasteiger partial charge in [0.2, 0.25) is 5.91 Å². The van der Waals surface area contributed by atoms with Crippen LogP contribution in [0.3, 0.4) is 0 Å². The van der Waals surface area contributed by atoms with Crippen LogP contribution in [0.25, 0.3) is 5.69 Å². The van der Waals surface area contributed by atoms with E-state index in [1.54, 1.807) is 30.3 Å². The number of carbonyl (C=O) groups excluding carboxylic acids is 1. The van der Waals surface area contributed by atoms with Gasteiger partial charge in [-0.15, -0.1) is 0 Å². The van der Waals surface area contributed by atoms with Gasteiger partial charge in [-0.25, -0.2) is 9.37 Å². The van der Waals surface area contributed by atoms with Crippen molar-refractivity contribution < 1.29 is 9.18 Å². The van der Waals surface area contributed by atoms with Gasteiger partial charge in [-0.05, 0) is 24.5 Å². The highest BCUT2D eigenvalue weighted by Crippen LogP contribution is 2.24. The van der Waals surface area contributed by atoms with Crippen molar-refractivity contribution in [3.05, 3.63) is 81.1 Å². The summed E-state index contributed by atoms with van der Waals surface area (Å²) in [6.07, 6.45) is 4.73. The van der Waals surface area contributed by atoms with E-state index in [4.69, 9.17) is 17.0 Å². The topological polar surface area (TPSA) is 112 Å². The van der Waals surface area contributed by atoms with E-state index in [-0.39, 0.29) is 34.8 Å². The van der Waals surface area contributed by atoms with Gasteiger partial charge in [0.05, 0.1) is 28.2 Å². The molecule has 3 heterocycles. The highest BCUT2D eigenvalue weighted by Gasteiger charge is 2.29. The lowest BCUT2D eigenvalue weighted by molar-refractivity contribution is -0.124. The molecule has 0 saturated carbocycles. The van der Waals surface area contributed by atoms with Crippen LogP contribution in [-0.2, 0) is 11.3 Å². The van der Waals surface area contributed by atoms with Crippen molar-refractivity contribution in [2.24, 2.45) is 5.92 Å². The summed E-state index contributed by atoms with van der Waals surface area (Å²) < 4.78 is 15.2. The minimum atomic E-state index is -0.476. The molecule has 1 fully saturated rings. The summed E-state index contributed by atoms with van der Waals surface area (Å²) in [6, 6.07) is 9.11. The average Bonchev–Trinajstić information content (AvgIpc) is 2.82. The molecule has 2 unspecified atom stereocenters. The van der Waals surface area contributed by atoms with Crippen molar-refractivity contribution in [1.82, 2.24) is 14.9 Å². The molecule has 2 atom stereocenters. The number of benzene rings is 1. The number of hydrogen-bond donors (Lipinski definition) is 4. The maximum Gasteiger partial charge on any atom is 0.266 e. The largest absolute Gasteiger partial charge is 0.380 e. The van der Waals surface area contributed by atoms with Gasteiger partial charge in [-0.3, -0.25) is 14.2 Å². The van der Waals surface area contributed by atoms with Gasteiger partial charge in [-0.1, -0.05) is 36.7 Å². The maximum atomic E-state index is 13.9. The molecule has 0 bridgehead atoms. The molecule has 0 spiro atoms. The van der Waals surface area contributed by atoms with Crippen LogP contribution in [0.2, 0.25) is 5.02 Å². The Kier molecular flexibility index (Phi) is 6.93. The third-order valence-electron chi connectivity index (χ3n) is 5.85. The molecule has 2 aromatic heterocycles. The Morgan fingerprint density at radius 2 is 2.12 bits per heavy atom. The second-order valence-electron chi connectivity index (χ2n) is 8.11. The molecule has 4 N–H and O–H groups in total. The Balaban J connectivity index is 1.63.